The fourth-order valence-corrected chi connectivity index (χ4v) is 3.10. The fraction of sp³-hybridized carbons (Fsp3) is 0.0870. The summed E-state index contributed by atoms with van der Waals surface area (Å²) < 4.78 is 37.7. The molecular weight excluding hydrogens is 434 g/mol. The molecule has 10 heteroatoms. The van der Waals surface area contributed by atoms with Gasteiger partial charge in [0.2, 0.25) is 5.88 Å². The molecule has 168 valence electrons. The van der Waals surface area contributed by atoms with Crippen molar-refractivity contribution in [3.05, 3.63) is 72.1 Å². The lowest BCUT2D eigenvalue weighted by molar-refractivity contribution is -0.132. The molecule has 8 nitrogen and oxygen atoms in total. The predicted octanol–water partition coefficient (Wildman–Crippen LogP) is 4.53. The third-order valence-corrected chi connectivity index (χ3v) is 4.76. The minimum absolute atomic E-state index is 0.150. The molecule has 0 saturated heterocycles. The van der Waals surface area contributed by atoms with E-state index in [1.807, 2.05) is 0 Å². The molecule has 0 spiro atoms. The number of pyridine rings is 1. The molecule has 0 aliphatic rings. The summed E-state index contributed by atoms with van der Waals surface area (Å²) >= 11 is 0. The minimum Gasteiger partial charge on any atom is -0.481 e. The number of aromatic amines is 1. The highest BCUT2D eigenvalue weighted by Crippen LogP contribution is 2.28. The molecule has 3 N–H and O–H groups in total. The molecule has 4 aromatic rings. The van der Waals surface area contributed by atoms with Gasteiger partial charge in [-0.1, -0.05) is 0 Å². The number of halogens is 2. The van der Waals surface area contributed by atoms with Crippen LogP contribution < -0.4 is 20.1 Å². The van der Waals surface area contributed by atoms with Crippen molar-refractivity contribution in [1.29, 1.82) is 0 Å². The quantitative estimate of drug-likeness (QED) is 0.386. The summed E-state index contributed by atoms with van der Waals surface area (Å²) in [4.78, 5) is 31.4. The largest absolute Gasteiger partial charge is 0.481 e. The number of carbonyl (C=O) groups is 2. The average Bonchev–Trinajstić information content (AvgIpc) is 3.17. The lowest BCUT2D eigenvalue weighted by Gasteiger charge is -2.11. The molecule has 0 radical (unpaired) electrons. The van der Waals surface area contributed by atoms with Crippen LogP contribution in [0.5, 0.6) is 17.4 Å². The molecular formula is C23H18F2N4O4. The molecule has 0 bridgehead atoms. The highest BCUT2D eigenvalue weighted by Gasteiger charge is 2.18. The van der Waals surface area contributed by atoms with Crippen molar-refractivity contribution in [1.82, 2.24) is 9.97 Å². The molecule has 0 saturated carbocycles. The Labute approximate surface area is 186 Å². The Hall–Kier alpha value is -4.47. The van der Waals surface area contributed by atoms with Gasteiger partial charge in [-0.3, -0.25) is 9.59 Å². The standard InChI is InChI=1S/C23H18F2N4O4/c1-12-7-13(3-5-20(12)33-14-4-6-21(32-2)27-10-14)28-22(30)23(31)29-19-11-26-18-9-17(25)16(24)8-15(18)19/h3-11,26H,1-2H3,(H,28,30)(H,29,31). The van der Waals surface area contributed by atoms with Gasteiger partial charge in [0.15, 0.2) is 11.6 Å². The third-order valence-electron chi connectivity index (χ3n) is 4.76. The summed E-state index contributed by atoms with van der Waals surface area (Å²) in [6, 6.07) is 10.1. The maximum absolute atomic E-state index is 13.5. The van der Waals surface area contributed by atoms with Gasteiger partial charge in [0.05, 0.1) is 24.5 Å². The minimum atomic E-state index is -1.06. The first-order valence-electron chi connectivity index (χ1n) is 9.71. The van der Waals surface area contributed by atoms with Crippen LogP contribution in [-0.2, 0) is 9.59 Å². The smallest absolute Gasteiger partial charge is 0.314 e. The number of aryl methyl sites for hydroxylation is 1. The second-order valence-electron chi connectivity index (χ2n) is 7.04. The number of carbonyl (C=O) groups excluding carboxylic acids is 2. The molecule has 2 aromatic carbocycles. The van der Waals surface area contributed by atoms with E-state index in [1.54, 1.807) is 37.3 Å². The molecule has 0 atom stereocenters. The van der Waals surface area contributed by atoms with Crippen LogP contribution in [0.15, 0.2) is 54.9 Å². The molecule has 0 aliphatic carbocycles. The van der Waals surface area contributed by atoms with Gasteiger partial charge >= 0.3 is 11.8 Å². The van der Waals surface area contributed by atoms with Gasteiger partial charge in [0, 0.05) is 29.4 Å². The zero-order valence-corrected chi connectivity index (χ0v) is 17.5. The number of nitrogens with zero attached hydrogens (tertiary/aromatic N) is 1. The van der Waals surface area contributed by atoms with Crippen LogP contribution in [0.3, 0.4) is 0 Å². The number of fused-ring (bicyclic) bond motifs is 1. The van der Waals surface area contributed by atoms with Gasteiger partial charge < -0.3 is 25.1 Å². The zero-order chi connectivity index (χ0) is 23.5. The Balaban J connectivity index is 1.42. The number of hydrogen-bond donors (Lipinski definition) is 3. The maximum atomic E-state index is 13.5. The number of H-pyrrole nitrogens is 1. The van der Waals surface area contributed by atoms with E-state index >= 15 is 0 Å². The van der Waals surface area contributed by atoms with Crippen molar-refractivity contribution in [3.8, 4) is 17.4 Å². The van der Waals surface area contributed by atoms with Crippen molar-refractivity contribution in [2.24, 2.45) is 0 Å². The van der Waals surface area contributed by atoms with Gasteiger partial charge in [-0.05, 0) is 42.8 Å². The molecule has 0 unspecified atom stereocenters. The van der Waals surface area contributed by atoms with Gasteiger partial charge in [-0.15, -0.1) is 0 Å². The van der Waals surface area contributed by atoms with E-state index < -0.39 is 23.4 Å². The van der Waals surface area contributed by atoms with E-state index in [2.05, 4.69) is 20.6 Å². The molecule has 2 amide bonds. The maximum Gasteiger partial charge on any atom is 0.314 e. The summed E-state index contributed by atoms with van der Waals surface area (Å²) in [5.41, 5.74) is 1.51. The number of methoxy groups -OCH3 is 1. The van der Waals surface area contributed by atoms with Gasteiger partial charge in [-0.25, -0.2) is 13.8 Å². The number of anilines is 2. The average molecular weight is 452 g/mol. The van der Waals surface area contributed by atoms with E-state index in [9.17, 15) is 18.4 Å². The topological polar surface area (TPSA) is 105 Å². The molecule has 0 aliphatic heterocycles. The highest BCUT2D eigenvalue weighted by molar-refractivity contribution is 6.44. The molecule has 4 rings (SSSR count). The van der Waals surface area contributed by atoms with Crippen LogP contribution >= 0.6 is 0 Å². The fourth-order valence-electron chi connectivity index (χ4n) is 3.10. The number of amides is 2. The van der Waals surface area contributed by atoms with E-state index in [1.165, 1.54) is 19.5 Å². The van der Waals surface area contributed by atoms with E-state index in [0.717, 1.165) is 12.1 Å². The van der Waals surface area contributed by atoms with Gasteiger partial charge in [-0.2, -0.15) is 0 Å². The molecule has 2 aromatic heterocycles. The van der Waals surface area contributed by atoms with Crippen LogP contribution in [-0.4, -0.2) is 28.9 Å². The first kappa shape index (κ1) is 21.8. The van der Waals surface area contributed by atoms with Crippen LogP contribution in [0, 0.1) is 18.6 Å². The zero-order valence-electron chi connectivity index (χ0n) is 17.5. The van der Waals surface area contributed by atoms with Crippen LogP contribution in [0.2, 0.25) is 0 Å². The Bertz CT molecular complexity index is 1350. The summed E-state index contributed by atoms with van der Waals surface area (Å²) in [5, 5.41) is 5.11. The third kappa shape index (κ3) is 4.74. The highest BCUT2D eigenvalue weighted by atomic mass is 19.2. The number of ether oxygens (including phenoxy) is 2. The van der Waals surface area contributed by atoms with Crippen molar-refractivity contribution in [2.75, 3.05) is 17.7 Å². The summed E-state index contributed by atoms with van der Waals surface area (Å²) in [6.07, 6.45) is 2.86. The number of aromatic nitrogens is 2. The summed E-state index contributed by atoms with van der Waals surface area (Å²) in [5.74, 6) is -2.48. The molecule has 33 heavy (non-hydrogen) atoms. The Kier molecular flexibility index (Phi) is 5.90. The first-order valence-corrected chi connectivity index (χ1v) is 9.71. The Morgan fingerprint density at radius 2 is 1.76 bits per heavy atom. The second-order valence-corrected chi connectivity index (χ2v) is 7.04. The number of benzene rings is 2. The summed E-state index contributed by atoms with van der Waals surface area (Å²) in [7, 11) is 1.52. The van der Waals surface area contributed by atoms with Crippen molar-refractivity contribution < 1.29 is 27.8 Å². The molecule has 2 heterocycles. The lowest BCUT2D eigenvalue weighted by Crippen LogP contribution is -2.29. The number of rotatable bonds is 5. The number of nitrogens with one attached hydrogen (secondary N) is 3. The van der Waals surface area contributed by atoms with E-state index in [-0.39, 0.29) is 16.6 Å². The lowest BCUT2D eigenvalue weighted by atomic mass is 10.2. The van der Waals surface area contributed by atoms with Crippen molar-refractivity contribution in [2.45, 2.75) is 6.92 Å². The van der Waals surface area contributed by atoms with Crippen LogP contribution in [0.25, 0.3) is 10.9 Å². The predicted molar refractivity (Wildman–Crippen MR) is 118 cm³/mol. The van der Waals surface area contributed by atoms with Crippen molar-refractivity contribution >= 4 is 34.1 Å². The van der Waals surface area contributed by atoms with Crippen LogP contribution in [0.4, 0.5) is 20.2 Å². The van der Waals surface area contributed by atoms with E-state index in [4.69, 9.17) is 9.47 Å². The monoisotopic (exact) mass is 452 g/mol. The van der Waals surface area contributed by atoms with Gasteiger partial charge in [0.25, 0.3) is 0 Å². The Morgan fingerprint density at radius 1 is 1.00 bits per heavy atom. The van der Waals surface area contributed by atoms with Crippen LogP contribution in [0.1, 0.15) is 5.56 Å². The second kappa shape index (κ2) is 8.95. The van der Waals surface area contributed by atoms with Gasteiger partial charge in [0.1, 0.15) is 11.5 Å². The number of hydrogen-bond acceptors (Lipinski definition) is 5. The first-order chi connectivity index (χ1) is 15.8. The SMILES string of the molecule is COc1ccc(Oc2ccc(NC(=O)C(=O)Nc3c[nH]c4cc(F)c(F)cc34)cc2C)cn1. The van der Waals surface area contributed by atoms with Crippen molar-refractivity contribution in [3.63, 3.8) is 0 Å². The Morgan fingerprint density at radius 3 is 2.45 bits per heavy atom. The normalized spacial score (nSPS) is 10.7. The molecule has 0 fully saturated rings. The summed E-state index contributed by atoms with van der Waals surface area (Å²) in [6.45, 7) is 1.78. The van der Waals surface area contributed by atoms with E-state index in [0.29, 0.717) is 28.6 Å².